The Balaban J connectivity index is 1.72. The summed E-state index contributed by atoms with van der Waals surface area (Å²) in [6.45, 7) is 7.11. The highest BCUT2D eigenvalue weighted by Gasteiger charge is 2.26. The molecule has 2 aliphatic rings. The summed E-state index contributed by atoms with van der Waals surface area (Å²) < 4.78 is 11.6. The quantitative estimate of drug-likeness (QED) is 0.918. The fourth-order valence-electron chi connectivity index (χ4n) is 3.31. The normalized spacial score (nSPS) is 29.6. The highest BCUT2D eigenvalue weighted by molar-refractivity contribution is 5.43. The SMILES string of the molecule is Cc1cccc2c1OCCCC2NCC1CCOC1C. The fraction of sp³-hybridized carbons (Fsp3) is 0.647. The second-order valence-corrected chi connectivity index (χ2v) is 6.07. The van der Waals surface area contributed by atoms with Crippen molar-refractivity contribution in [2.24, 2.45) is 5.92 Å². The predicted molar refractivity (Wildman–Crippen MR) is 80.2 cm³/mol. The van der Waals surface area contributed by atoms with Crippen LogP contribution in [0.25, 0.3) is 0 Å². The van der Waals surface area contributed by atoms with Crippen LogP contribution in [0.4, 0.5) is 0 Å². The lowest BCUT2D eigenvalue weighted by Crippen LogP contribution is -2.30. The van der Waals surface area contributed by atoms with Gasteiger partial charge in [0, 0.05) is 24.8 Å². The highest BCUT2D eigenvalue weighted by Crippen LogP contribution is 2.34. The van der Waals surface area contributed by atoms with E-state index in [-0.39, 0.29) is 0 Å². The van der Waals surface area contributed by atoms with Crippen molar-refractivity contribution in [2.75, 3.05) is 19.8 Å². The van der Waals surface area contributed by atoms with E-state index in [4.69, 9.17) is 9.47 Å². The van der Waals surface area contributed by atoms with Gasteiger partial charge in [-0.3, -0.25) is 0 Å². The molecule has 3 heteroatoms. The molecule has 0 saturated carbocycles. The molecule has 1 aromatic carbocycles. The van der Waals surface area contributed by atoms with Crippen molar-refractivity contribution in [1.82, 2.24) is 5.32 Å². The van der Waals surface area contributed by atoms with Crippen LogP contribution in [0.1, 0.15) is 43.4 Å². The molecule has 2 aliphatic heterocycles. The van der Waals surface area contributed by atoms with Crippen LogP contribution < -0.4 is 10.1 Å². The van der Waals surface area contributed by atoms with Crippen molar-refractivity contribution in [3.05, 3.63) is 29.3 Å². The molecule has 110 valence electrons. The van der Waals surface area contributed by atoms with E-state index in [1.165, 1.54) is 17.5 Å². The second-order valence-electron chi connectivity index (χ2n) is 6.07. The number of aryl methyl sites for hydroxylation is 1. The molecule has 0 amide bonds. The standard InChI is InChI=1S/C17H25NO2/c1-12-5-3-6-15-16(7-4-9-20-17(12)15)18-11-14-8-10-19-13(14)2/h3,5-6,13-14,16,18H,4,7-11H2,1-2H3. The van der Waals surface area contributed by atoms with Crippen molar-refractivity contribution < 1.29 is 9.47 Å². The number of para-hydroxylation sites is 1. The summed E-state index contributed by atoms with van der Waals surface area (Å²) in [5, 5.41) is 3.76. The Kier molecular flexibility index (Phi) is 4.27. The van der Waals surface area contributed by atoms with E-state index in [0.29, 0.717) is 18.1 Å². The monoisotopic (exact) mass is 275 g/mol. The Hall–Kier alpha value is -1.06. The summed E-state index contributed by atoms with van der Waals surface area (Å²) >= 11 is 0. The maximum absolute atomic E-state index is 5.94. The van der Waals surface area contributed by atoms with Gasteiger partial charge in [-0.15, -0.1) is 0 Å². The molecule has 0 spiro atoms. The topological polar surface area (TPSA) is 30.5 Å². The van der Waals surface area contributed by atoms with E-state index in [2.05, 4.69) is 37.4 Å². The molecule has 1 N–H and O–H groups in total. The summed E-state index contributed by atoms with van der Waals surface area (Å²) in [6, 6.07) is 6.90. The lowest BCUT2D eigenvalue weighted by molar-refractivity contribution is 0.105. The molecular weight excluding hydrogens is 250 g/mol. The molecule has 1 fully saturated rings. The first-order valence-corrected chi connectivity index (χ1v) is 7.83. The summed E-state index contributed by atoms with van der Waals surface area (Å²) in [7, 11) is 0. The van der Waals surface area contributed by atoms with Crippen molar-refractivity contribution >= 4 is 0 Å². The highest BCUT2D eigenvalue weighted by atomic mass is 16.5. The molecule has 3 unspecified atom stereocenters. The zero-order valence-electron chi connectivity index (χ0n) is 12.5. The van der Waals surface area contributed by atoms with Crippen molar-refractivity contribution in [2.45, 2.75) is 45.3 Å². The molecule has 1 aromatic rings. The summed E-state index contributed by atoms with van der Waals surface area (Å²) in [5.41, 5.74) is 2.57. The number of fused-ring (bicyclic) bond motifs is 1. The summed E-state index contributed by atoms with van der Waals surface area (Å²) in [4.78, 5) is 0. The van der Waals surface area contributed by atoms with Crippen molar-refractivity contribution in [3.63, 3.8) is 0 Å². The lowest BCUT2D eigenvalue weighted by atomic mass is 9.97. The van der Waals surface area contributed by atoms with Gasteiger partial charge in [0.25, 0.3) is 0 Å². The number of hydrogen-bond donors (Lipinski definition) is 1. The minimum Gasteiger partial charge on any atom is -0.493 e. The predicted octanol–water partition coefficient (Wildman–Crippen LogP) is 3.22. The maximum atomic E-state index is 5.94. The molecule has 2 heterocycles. The van der Waals surface area contributed by atoms with Gasteiger partial charge in [-0.1, -0.05) is 18.2 Å². The smallest absolute Gasteiger partial charge is 0.126 e. The third kappa shape index (κ3) is 2.84. The molecule has 0 radical (unpaired) electrons. The molecule has 0 bridgehead atoms. The third-order valence-electron chi connectivity index (χ3n) is 4.66. The van der Waals surface area contributed by atoms with E-state index >= 15 is 0 Å². The summed E-state index contributed by atoms with van der Waals surface area (Å²) in [6.07, 6.45) is 3.83. The van der Waals surface area contributed by atoms with Gasteiger partial charge in [0.1, 0.15) is 5.75 Å². The Morgan fingerprint density at radius 2 is 2.15 bits per heavy atom. The molecule has 1 saturated heterocycles. The van der Waals surface area contributed by atoms with Gasteiger partial charge in [0.15, 0.2) is 0 Å². The molecule has 0 aliphatic carbocycles. The van der Waals surface area contributed by atoms with E-state index in [0.717, 1.165) is 38.3 Å². The zero-order valence-corrected chi connectivity index (χ0v) is 12.5. The van der Waals surface area contributed by atoms with Crippen LogP contribution in [0.3, 0.4) is 0 Å². The fourth-order valence-corrected chi connectivity index (χ4v) is 3.31. The third-order valence-corrected chi connectivity index (χ3v) is 4.66. The number of benzene rings is 1. The van der Waals surface area contributed by atoms with Gasteiger partial charge in [0.2, 0.25) is 0 Å². The van der Waals surface area contributed by atoms with E-state index in [1.807, 2.05) is 0 Å². The first-order chi connectivity index (χ1) is 9.75. The molecule has 3 nitrogen and oxygen atoms in total. The Labute approximate surface area is 121 Å². The van der Waals surface area contributed by atoms with Crippen LogP contribution in [0.15, 0.2) is 18.2 Å². The average molecular weight is 275 g/mol. The molecular formula is C17H25NO2. The van der Waals surface area contributed by atoms with Gasteiger partial charge in [-0.2, -0.15) is 0 Å². The van der Waals surface area contributed by atoms with Crippen molar-refractivity contribution in [3.8, 4) is 5.75 Å². The molecule has 3 rings (SSSR count). The average Bonchev–Trinajstić information content (AvgIpc) is 2.73. The lowest BCUT2D eigenvalue weighted by Gasteiger charge is -2.22. The van der Waals surface area contributed by atoms with E-state index in [9.17, 15) is 0 Å². The molecule has 3 atom stereocenters. The van der Waals surface area contributed by atoms with Crippen LogP contribution in [-0.2, 0) is 4.74 Å². The van der Waals surface area contributed by atoms with Crippen LogP contribution >= 0.6 is 0 Å². The second kappa shape index (κ2) is 6.15. The van der Waals surface area contributed by atoms with Crippen LogP contribution in [0, 0.1) is 12.8 Å². The van der Waals surface area contributed by atoms with Crippen LogP contribution in [-0.4, -0.2) is 25.9 Å². The number of ether oxygens (including phenoxy) is 2. The number of hydrogen-bond acceptors (Lipinski definition) is 3. The largest absolute Gasteiger partial charge is 0.493 e. The van der Waals surface area contributed by atoms with Gasteiger partial charge in [-0.05, 0) is 44.6 Å². The Morgan fingerprint density at radius 3 is 2.95 bits per heavy atom. The molecule has 0 aromatic heterocycles. The van der Waals surface area contributed by atoms with E-state index < -0.39 is 0 Å². The van der Waals surface area contributed by atoms with Gasteiger partial charge in [0.05, 0.1) is 12.7 Å². The maximum Gasteiger partial charge on any atom is 0.126 e. The van der Waals surface area contributed by atoms with E-state index in [1.54, 1.807) is 0 Å². The van der Waals surface area contributed by atoms with Crippen molar-refractivity contribution in [1.29, 1.82) is 0 Å². The Morgan fingerprint density at radius 1 is 1.25 bits per heavy atom. The Bertz CT molecular complexity index is 460. The zero-order chi connectivity index (χ0) is 13.9. The first kappa shape index (κ1) is 13.9. The minimum atomic E-state index is 0.390. The van der Waals surface area contributed by atoms with Gasteiger partial charge >= 0.3 is 0 Å². The summed E-state index contributed by atoms with van der Waals surface area (Å²) in [5.74, 6) is 1.74. The molecule has 20 heavy (non-hydrogen) atoms. The number of nitrogens with one attached hydrogen (secondary N) is 1. The van der Waals surface area contributed by atoms with Gasteiger partial charge in [-0.25, -0.2) is 0 Å². The van der Waals surface area contributed by atoms with Crippen LogP contribution in [0.5, 0.6) is 5.75 Å². The first-order valence-electron chi connectivity index (χ1n) is 7.83. The minimum absolute atomic E-state index is 0.390. The van der Waals surface area contributed by atoms with Gasteiger partial charge < -0.3 is 14.8 Å². The number of rotatable bonds is 3. The van der Waals surface area contributed by atoms with Crippen LogP contribution in [0.2, 0.25) is 0 Å².